The third kappa shape index (κ3) is 2.67. The topological polar surface area (TPSA) is 75.3 Å². The molecule has 1 heterocycles. The number of carbonyl (C=O) groups is 1. The van der Waals surface area contributed by atoms with Crippen molar-refractivity contribution in [2.45, 2.75) is 32.6 Å². The third-order valence-corrected chi connectivity index (χ3v) is 4.87. The molecular weight excluding hydrogens is 248 g/mol. The molecule has 1 aliphatic rings. The maximum atomic E-state index is 12.0. The van der Waals surface area contributed by atoms with Crippen molar-refractivity contribution in [2.24, 2.45) is 5.41 Å². The first-order chi connectivity index (χ1) is 8.56. The molecule has 0 bridgehead atoms. The molecule has 0 aromatic carbocycles. The van der Waals surface area contributed by atoms with E-state index in [1.165, 1.54) is 11.3 Å². The second-order valence-corrected chi connectivity index (χ2v) is 6.43. The van der Waals surface area contributed by atoms with Crippen LogP contribution in [0.3, 0.4) is 0 Å². The Hall–Kier alpha value is -1.07. The first-order valence-corrected chi connectivity index (χ1v) is 7.13. The van der Waals surface area contributed by atoms with Gasteiger partial charge in [0.2, 0.25) is 0 Å². The van der Waals surface area contributed by atoms with Crippen LogP contribution in [0.4, 0.5) is 5.69 Å². The Bertz CT molecular complexity index is 417. The number of hydrogen-bond donors (Lipinski definition) is 3. The van der Waals surface area contributed by atoms with Crippen LogP contribution < -0.4 is 11.1 Å². The SMILES string of the molecule is Cc1sc(C(=O)NCC2(CO)CCCC2)cc1N. The Morgan fingerprint density at radius 2 is 2.22 bits per heavy atom. The van der Waals surface area contributed by atoms with Gasteiger partial charge in [-0.2, -0.15) is 0 Å². The van der Waals surface area contributed by atoms with E-state index in [-0.39, 0.29) is 17.9 Å². The Morgan fingerprint density at radius 1 is 1.56 bits per heavy atom. The monoisotopic (exact) mass is 268 g/mol. The summed E-state index contributed by atoms with van der Waals surface area (Å²) in [6.07, 6.45) is 4.27. The van der Waals surface area contributed by atoms with Gasteiger partial charge >= 0.3 is 0 Å². The first-order valence-electron chi connectivity index (χ1n) is 6.31. The number of aryl methyl sites for hydroxylation is 1. The molecule has 0 atom stereocenters. The van der Waals surface area contributed by atoms with Crippen LogP contribution in [0.25, 0.3) is 0 Å². The molecule has 1 aromatic rings. The van der Waals surface area contributed by atoms with Crippen molar-refractivity contribution in [1.82, 2.24) is 5.32 Å². The summed E-state index contributed by atoms with van der Waals surface area (Å²) in [4.78, 5) is 13.6. The molecule has 4 nitrogen and oxygen atoms in total. The van der Waals surface area contributed by atoms with E-state index in [0.29, 0.717) is 17.1 Å². The van der Waals surface area contributed by atoms with E-state index in [0.717, 1.165) is 30.6 Å². The lowest BCUT2D eigenvalue weighted by molar-refractivity contribution is 0.0884. The summed E-state index contributed by atoms with van der Waals surface area (Å²) in [6.45, 7) is 2.61. The highest BCUT2D eigenvalue weighted by atomic mass is 32.1. The molecule has 4 N–H and O–H groups in total. The molecule has 1 aliphatic carbocycles. The van der Waals surface area contributed by atoms with Gasteiger partial charge in [-0.3, -0.25) is 4.79 Å². The van der Waals surface area contributed by atoms with Crippen LogP contribution in [0.15, 0.2) is 6.07 Å². The van der Waals surface area contributed by atoms with E-state index in [2.05, 4.69) is 5.32 Å². The van der Waals surface area contributed by atoms with Gasteiger partial charge in [-0.05, 0) is 25.8 Å². The lowest BCUT2D eigenvalue weighted by Gasteiger charge is -2.26. The number of hydrogen-bond acceptors (Lipinski definition) is 4. The zero-order chi connectivity index (χ0) is 13.2. The quantitative estimate of drug-likeness (QED) is 0.781. The van der Waals surface area contributed by atoms with E-state index in [1.807, 2.05) is 6.92 Å². The molecule has 0 unspecified atom stereocenters. The van der Waals surface area contributed by atoms with Gasteiger partial charge in [-0.1, -0.05) is 12.8 Å². The van der Waals surface area contributed by atoms with Crippen molar-refractivity contribution in [3.63, 3.8) is 0 Å². The molecule has 0 aliphatic heterocycles. The Kier molecular flexibility index (Phi) is 3.92. The lowest BCUT2D eigenvalue weighted by Crippen LogP contribution is -2.38. The minimum Gasteiger partial charge on any atom is -0.398 e. The van der Waals surface area contributed by atoms with Gasteiger partial charge < -0.3 is 16.2 Å². The fourth-order valence-corrected chi connectivity index (χ4v) is 3.34. The van der Waals surface area contributed by atoms with Gasteiger partial charge in [-0.25, -0.2) is 0 Å². The number of thiophene rings is 1. The molecule has 0 spiro atoms. The second-order valence-electron chi connectivity index (χ2n) is 5.17. The van der Waals surface area contributed by atoms with E-state index >= 15 is 0 Å². The summed E-state index contributed by atoms with van der Waals surface area (Å²) in [7, 11) is 0. The van der Waals surface area contributed by atoms with Gasteiger partial charge in [-0.15, -0.1) is 11.3 Å². The number of aliphatic hydroxyl groups is 1. The van der Waals surface area contributed by atoms with Crippen molar-refractivity contribution in [2.75, 3.05) is 18.9 Å². The van der Waals surface area contributed by atoms with Crippen molar-refractivity contribution in [1.29, 1.82) is 0 Å². The molecule has 1 saturated carbocycles. The second kappa shape index (κ2) is 5.28. The predicted molar refractivity (Wildman–Crippen MR) is 73.8 cm³/mol. The van der Waals surface area contributed by atoms with Crippen LogP contribution in [-0.2, 0) is 0 Å². The third-order valence-electron chi connectivity index (χ3n) is 3.80. The average molecular weight is 268 g/mol. The van der Waals surface area contributed by atoms with Gasteiger partial charge in [0, 0.05) is 22.5 Å². The maximum Gasteiger partial charge on any atom is 0.261 e. The van der Waals surface area contributed by atoms with E-state index in [9.17, 15) is 9.90 Å². The maximum absolute atomic E-state index is 12.0. The Morgan fingerprint density at radius 3 is 2.72 bits per heavy atom. The highest BCUT2D eigenvalue weighted by Gasteiger charge is 2.33. The summed E-state index contributed by atoms with van der Waals surface area (Å²) in [5, 5.41) is 12.4. The molecule has 1 amide bonds. The standard InChI is InChI=1S/C13H20N2O2S/c1-9-10(14)6-11(18-9)12(17)15-7-13(8-16)4-2-3-5-13/h6,16H,2-5,7-8,14H2,1H3,(H,15,17). The van der Waals surface area contributed by atoms with Crippen LogP contribution >= 0.6 is 11.3 Å². The number of carbonyl (C=O) groups excluding carboxylic acids is 1. The average Bonchev–Trinajstić information content (AvgIpc) is 2.95. The Balaban J connectivity index is 1.95. The number of anilines is 1. The summed E-state index contributed by atoms with van der Waals surface area (Å²) >= 11 is 1.41. The molecule has 5 heteroatoms. The van der Waals surface area contributed by atoms with Crippen LogP contribution in [0, 0.1) is 12.3 Å². The van der Waals surface area contributed by atoms with Crippen molar-refractivity contribution < 1.29 is 9.90 Å². The zero-order valence-corrected chi connectivity index (χ0v) is 11.5. The number of nitrogens with one attached hydrogen (secondary N) is 1. The fourth-order valence-electron chi connectivity index (χ4n) is 2.48. The Labute approximate surface area is 111 Å². The minimum absolute atomic E-state index is 0.0838. The molecule has 1 aromatic heterocycles. The molecule has 1 fully saturated rings. The van der Waals surface area contributed by atoms with Crippen LogP contribution in [-0.4, -0.2) is 24.2 Å². The van der Waals surface area contributed by atoms with Gasteiger partial charge in [0.1, 0.15) is 0 Å². The number of aliphatic hydroxyl groups excluding tert-OH is 1. The van der Waals surface area contributed by atoms with E-state index in [1.54, 1.807) is 6.07 Å². The van der Waals surface area contributed by atoms with Crippen LogP contribution in [0.1, 0.15) is 40.2 Å². The van der Waals surface area contributed by atoms with E-state index in [4.69, 9.17) is 5.73 Å². The largest absolute Gasteiger partial charge is 0.398 e. The number of nitrogens with two attached hydrogens (primary N) is 1. The molecule has 0 saturated heterocycles. The van der Waals surface area contributed by atoms with Crippen LogP contribution in [0.5, 0.6) is 0 Å². The highest BCUT2D eigenvalue weighted by molar-refractivity contribution is 7.14. The molecule has 18 heavy (non-hydrogen) atoms. The fraction of sp³-hybridized carbons (Fsp3) is 0.615. The van der Waals surface area contributed by atoms with E-state index < -0.39 is 0 Å². The summed E-state index contributed by atoms with van der Waals surface area (Å²) < 4.78 is 0. The molecule has 0 radical (unpaired) electrons. The molecular formula is C13H20N2O2S. The lowest BCUT2D eigenvalue weighted by atomic mass is 9.87. The normalized spacial score (nSPS) is 17.9. The van der Waals surface area contributed by atoms with Gasteiger partial charge in [0.25, 0.3) is 5.91 Å². The highest BCUT2D eigenvalue weighted by Crippen LogP contribution is 2.37. The molecule has 2 rings (SSSR count). The predicted octanol–water partition coefficient (Wildman–Crippen LogP) is 1.92. The van der Waals surface area contributed by atoms with Crippen molar-refractivity contribution in [3.8, 4) is 0 Å². The summed E-state index contributed by atoms with van der Waals surface area (Å²) in [5.41, 5.74) is 6.30. The number of rotatable bonds is 4. The molecule has 100 valence electrons. The summed E-state index contributed by atoms with van der Waals surface area (Å²) in [6, 6.07) is 1.72. The first kappa shape index (κ1) is 13.4. The van der Waals surface area contributed by atoms with Crippen LogP contribution in [0.2, 0.25) is 0 Å². The van der Waals surface area contributed by atoms with Gasteiger partial charge in [0.15, 0.2) is 0 Å². The van der Waals surface area contributed by atoms with Crippen molar-refractivity contribution in [3.05, 3.63) is 15.8 Å². The zero-order valence-electron chi connectivity index (χ0n) is 10.7. The number of amides is 1. The number of nitrogen functional groups attached to an aromatic ring is 1. The smallest absolute Gasteiger partial charge is 0.261 e. The summed E-state index contributed by atoms with van der Waals surface area (Å²) in [5.74, 6) is -0.0838. The minimum atomic E-state index is -0.104. The van der Waals surface area contributed by atoms with Crippen molar-refractivity contribution >= 4 is 22.9 Å². The van der Waals surface area contributed by atoms with Gasteiger partial charge in [0.05, 0.1) is 11.5 Å².